The summed E-state index contributed by atoms with van der Waals surface area (Å²) in [5.74, 6) is 4.18. The van der Waals surface area contributed by atoms with Gasteiger partial charge in [0, 0.05) is 23.8 Å². The zero-order valence-electron chi connectivity index (χ0n) is 17.8. The molecule has 0 atom stereocenters. The van der Waals surface area contributed by atoms with E-state index in [1.807, 2.05) is 43.3 Å². The molecule has 4 rings (SSSR count). The number of aryl methyl sites for hydroxylation is 1. The fourth-order valence-corrected chi connectivity index (χ4v) is 4.51. The number of thioether (sulfide) groups is 1. The van der Waals surface area contributed by atoms with E-state index in [-0.39, 0.29) is 11.8 Å². The van der Waals surface area contributed by atoms with Gasteiger partial charge in [-0.1, -0.05) is 29.4 Å². The molecule has 0 saturated carbocycles. The van der Waals surface area contributed by atoms with Crippen molar-refractivity contribution in [3.05, 3.63) is 59.9 Å². The monoisotopic (exact) mass is 440 g/mol. The summed E-state index contributed by atoms with van der Waals surface area (Å²) in [5, 5.41) is 7.21. The number of nitrogens with one attached hydrogen (secondary N) is 1. The van der Waals surface area contributed by atoms with E-state index in [9.17, 15) is 4.79 Å². The maximum Gasteiger partial charge on any atom is 0.241 e. The number of hydrogen-bond acceptors (Lipinski definition) is 7. The van der Waals surface area contributed by atoms with Crippen LogP contribution in [-0.2, 0) is 17.1 Å². The molecule has 0 spiro atoms. The second-order valence-corrected chi connectivity index (χ2v) is 8.91. The third kappa shape index (κ3) is 5.98. The summed E-state index contributed by atoms with van der Waals surface area (Å²) >= 11 is 1.76. The molecule has 1 N–H and O–H groups in total. The maximum atomic E-state index is 12.4. The third-order valence-corrected chi connectivity index (χ3v) is 6.52. The molecular formula is C23H28N4O3S. The van der Waals surface area contributed by atoms with Gasteiger partial charge in [-0.3, -0.25) is 9.69 Å². The van der Waals surface area contributed by atoms with E-state index in [4.69, 9.17) is 8.94 Å². The zero-order valence-corrected chi connectivity index (χ0v) is 18.6. The molecule has 3 heterocycles. The predicted octanol–water partition coefficient (Wildman–Crippen LogP) is 3.90. The van der Waals surface area contributed by atoms with E-state index in [0.717, 1.165) is 54.3 Å². The summed E-state index contributed by atoms with van der Waals surface area (Å²) in [6.45, 7) is 5.06. The molecule has 7 nitrogen and oxygen atoms in total. The third-order valence-electron chi connectivity index (χ3n) is 5.54. The predicted molar refractivity (Wildman–Crippen MR) is 120 cm³/mol. The molecule has 8 heteroatoms. The van der Waals surface area contributed by atoms with Crippen molar-refractivity contribution in [2.75, 3.05) is 25.4 Å². The zero-order chi connectivity index (χ0) is 21.5. The van der Waals surface area contributed by atoms with Crippen molar-refractivity contribution < 1.29 is 13.7 Å². The minimum atomic E-state index is 0.0801. The lowest BCUT2D eigenvalue weighted by Gasteiger charge is -2.30. The highest BCUT2D eigenvalue weighted by molar-refractivity contribution is 7.98. The molecule has 1 aliphatic rings. The number of rotatable bonds is 9. The van der Waals surface area contributed by atoms with E-state index in [0.29, 0.717) is 24.8 Å². The standard InChI is InChI=1S/C23H28N4O3S/c1-17-5-2-3-7-20(17)22-25-21(30-26-22)15-27-11-8-18(9-12-27)23(28)24-10-14-31-16-19-6-4-13-29-19/h2-7,13,18H,8-12,14-16H2,1H3,(H,24,28). The number of piperidine rings is 1. The van der Waals surface area contributed by atoms with Gasteiger partial charge in [-0.05, 0) is 50.6 Å². The normalized spacial score (nSPS) is 15.3. The van der Waals surface area contributed by atoms with Crippen LogP contribution in [0.2, 0.25) is 0 Å². The van der Waals surface area contributed by atoms with Crippen LogP contribution < -0.4 is 5.32 Å². The summed E-state index contributed by atoms with van der Waals surface area (Å²) in [4.78, 5) is 19.3. The van der Waals surface area contributed by atoms with Crippen LogP contribution in [0.3, 0.4) is 0 Å². The van der Waals surface area contributed by atoms with Crippen molar-refractivity contribution in [1.82, 2.24) is 20.4 Å². The van der Waals surface area contributed by atoms with Crippen molar-refractivity contribution in [1.29, 1.82) is 0 Å². The molecule has 164 valence electrons. The van der Waals surface area contributed by atoms with Crippen LogP contribution in [0.15, 0.2) is 51.6 Å². The van der Waals surface area contributed by atoms with Gasteiger partial charge in [0.1, 0.15) is 5.76 Å². The number of likely N-dealkylation sites (tertiary alicyclic amines) is 1. The number of hydrogen-bond donors (Lipinski definition) is 1. The van der Waals surface area contributed by atoms with Crippen LogP contribution in [0.4, 0.5) is 0 Å². The Bertz CT molecular complexity index is 965. The van der Waals surface area contributed by atoms with E-state index in [2.05, 4.69) is 20.4 Å². The highest BCUT2D eigenvalue weighted by Crippen LogP contribution is 2.22. The molecule has 1 aromatic carbocycles. The molecule has 31 heavy (non-hydrogen) atoms. The van der Waals surface area contributed by atoms with Gasteiger partial charge in [0.2, 0.25) is 17.6 Å². The van der Waals surface area contributed by atoms with Crippen LogP contribution in [-0.4, -0.2) is 46.3 Å². The second-order valence-electron chi connectivity index (χ2n) is 7.80. The average molecular weight is 441 g/mol. The molecule has 3 aromatic rings. The van der Waals surface area contributed by atoms with Crippen LogP contribution in [0.25, 0.3) is 11.4 Å². The minimum absolute atomic E-state index is 0.0801. The minimum Gasteiger partial charge on any atom is -0.468 e. The lowest BCUT2D eigenvalue weighted by Crippen LogP contribution is -2.40. The Labute approximate surface area is 186 Å². The average Bonchev–Trinajstić information content (AvgIpc) is 3.47. The molecule has 0 unspecified atom stereocenters. The van der Waals surface area contributed by atoms with Gasteiger partial charge in [0.25, 0.3) is 0 Å². The van der Waals surface area contributed by atoms with Gasteiger partial charge in [-0.15, -0.1) is 0 Å². The fourth-order valence-electron chi connectivity index (χ4n) is 3.76. The summed E-state index contributed by atoms with van der Waals surface area (Å²) in [6, 6.07) is 11.9. The highest BCUT2D eigenvalue weighted by Gasteiger charge is 2.25. The first-order chi connectivity index (χ1) is 15.2. The van der Waals surface area contributed by atoms with Gasteiger partial charge in [0.15, 0.2) is 0 Å². The Balaban J connectivity index is 1.16. The Kier molecular flexibility index (Phi) is 7.43. The highest BCUT2D eigenvalue weighted by atomic mass is 32.2. The first-order valence-corrected chi connectivity index (χ1v) is 11.8. The van der Waals surface area contributed by atoms with E-state index in [1.54, 1.807) is 18.0 Å². The van der Waals surface area contributed by atoms with Crippen molar-refractivity contribution >= 4 is 17.7 Å². The smallest absolute Gasteiger partial charge is 0.241 e. The Morgan fingerprint density at radius 1 is 1.23 bits per heavy atom. The first kappa shape index (κ1) is 21.6. The summed E-state index contributed by atoms with van der Waals surface area (Å²) in [6.07, 6.45) is 3.39. The topological polar surface area (TPSA) is 84.4 Å². The molecule has 1 fully saturated rings. The van der Waals surface area contributed by atoms with E-state index >= 15 is 0 Å². The largest absolute Gasteiger partial charge is 0.468 e. The number of amides is 1. The second kappa shape index (κ2) is 10.6. The van der Waals surface area contributed by atoms with Gasteiger partial charge < -0.3 is 14.3 Å². The van der Waals surface area contributed by atoms with Crippen molar-refractivity contribution in [2.45, 2.75) is 32.1 Å². The van der Waals surface area contributed by atoms with Gasteiger partial charge in [0.05, 0.1) is 18.6 Å². The number of benzene rings is 1. The number of nitrogens with zero attached hydrogens (tertiary/aromatic N) is 3. The van der Waals surface area contributed by atoms with Crippen molar-refractivity contribution in [3.8, 4) is 11.4 Å². The SMILES string of the molecule is Cc1ccccc1-c1noc(CN2CCC(C(=O)NCCSCc3ccco3)CC2)n1. The van der Waals surface area contributed by atoms with Gasteiger partial charge in [-0.25, -0.2) is 0 Å². The Morgan fingerprint density at radius 2 is 2.06 bits per heavy atom. The molecule has 0 bridgehead atoms. The van der Waals surface area contributed by atoms with Crippen molar-refractivity contribution in [3.63, 3.8) is 0 Å². The quantitative estimate of drug-likeness (QED) is 0.505. The van der Waals surface area contributed by atoms with E-state index < -0.39 is 0 Å². The lowest BCUT2D eigenvalue weighted by atomic mass is 9.96. The van der Waals surface area contributed by atoms with Crippen LogP contribution in [0.5, 0.6) is 0 Å². The molecule has 1 amide bonds. The Hall–Kier alpha value is -2.58. The molecule has 2 aromatic heterocycles. The molecule has 0 aliphatic carbocycles. The number of aromatic nitrogens is 2. The summed E-state index contributed by atoms with van der Waals surface area (Å²) < 4.78 is 10.8. The van der Waals surface area contributed by atoms with Gasteiger partial charge >= 0.3 is 0 Å². The molecular weight excluding hydrogens is 412 g/mol. The number of furan rings is 1. The molecule has 0 radical (unpaired) electrons. The lowest BCUT2D eigenvalue weighted by molar-refractivity contribution is -0.126. The van der Waals surface area contributed by atoms with Crippen LogP contribution in [0, 0.1) is 12.8 Å². The van der Waals surface area contributed by atoms with Crippen LogP contribution in [0.1, 0.15) is 30.1 Å². The molecule has 1 saturated heterocycles. The van der Waals surface area contributed by atoms with E-state index in [1.165, 1.54) is 0 Å². The van der Waals surface area contributed by atoms with Crippen LogP contribution >= 0.6 is 11.8 Å². The maximum absolute atomic E-state index is 12.4. The Morgan fingerprint density at radius 3 is 2.84 bits per heavy atom. The number of carbonyl (C=O) groups is 1. The van der Waals surface area contributed by atoms with Crippen molar-refractivity contribution in [2.24, 2.45) is 5.92 Å². The fraction of sp³-hybridized carbons (Fsp3) is 0.435. The number of carbonyl (C=O) groups excluding carboxylic acids is 1. The summed E-state index contributed by atoms with van der Waals surface area (Å²) in [7, 11) is 0. The molecule has 1 aliphatic heterocycles. The summed E-state index contributed by atoms with van der Waals surface area (Å²) in [5.41, 5.74) is 2.12. The first-order valence-electron chi connectivity index (χ1n) is 10.7. The van der Waals surface area contributed by atoms with Gasteiger partial charge in [-0.2, -0.15) is 16.7 Å².